The van der Waals surface area contributed by atoms with Crippen molar-refractivity contribution >= 4 is 11.6 Å². The molecule has 1 aromatic carbocycles. The van der Waals surface area contributed by atoms with Gasteiger partial charge in [-0.05, 0) is 18.4 Å². The van der Waals surface area contributed by atoms with Gasteiger partial charge in [0.05, 0.1) is 12.2 Å². The molecule has 4 rings (SSSR count). The highest BCUT2D eigenvalue weighted by Crippen LogP contribution is 2.32. The molecule has 0 atom stereocenters. The van der Waals surface area contributed by atoms with Crippen LogP contribution in [0.1, 0.15) is 49.3 Å². The molecule has 3 aromatic rings. The van der Waals surface area contributed by atoms with E-state index in [4.69, 9.17) is 5.73 Å². The zero-order valence-corrected chi connectivity index (χ0v) is 13.6. The maximum atomic E-state index is 12.6. The second kappa shape index (κ2) is 6.11. The fraction of sp³-hybridized carbons (Fsp3) is 0.389. The molecule has 1 saturated carbocycles. The highest BCUT2D eigenvalue weighted by molar-refractivity contribution is 5.45. The summed E-state index contributed by atoms with van der Waals surface area (Å²) in [6.07, 6.45) is 6.02. The first kappa shape index (κ1) is 14.9. The molecule has 0 bridgehead atoms. The summed E-state index contributed by atoms with van der Waals surface area (Å²) in [5.41, 5.74) is 8.41. The summed E-state index contributed by atoms with van der Waals surface area (Å²) < 4.78 is 2.85. The zero-order chi connectivity index (χ0) is 16.5. The Hall–Kier alpha value is -2.63. The number of hydrogen-bond donors (Lipinski definition) is 1. The number of aromatic nitrogens is 4. The second-order valence-corrected chi connectivity index (χ2v) is 6.49. The average Bonchev–Trinajstić information content (AvgIpc) is 2.93. The third-order valence-electron chi connectivity index (χ3n) is 4.81. The van der Waals surface area contributed by atoms with Gasteiger partial charge in [-0.3, -0.25) is 0 Å². The number of fused-ring (bicyclic) bond motifs is 1. The average molecular weight is 323 g/mol. The highest BCUT2D eigenvalue weighted by atomic mass is 16.2. The molecule has 0 saturated heterocycles. The maximum absolute atomic E-state index is 12.6. The van der Waals surface area contributed by atoms with Crippen molar-refractivity contribution in [3.8, 4) is 0 Å². The summed E-state index contributed by atoms with van der Waals surface area (Å²) in [5.74, 6) is 0.665. The lowest BCUT2D eigenvalue weighted by atomic mass is 9.87. The molecule has 0 amide bonds. The van der Waals surface area contributed by atoms with Gasteiger partial charge in [-0.1, -0.05) is 49.6 Å². The third kappa shape index (κ3) is 2.68. The van der Waals surface area contributed by atoms with E-state index < -0.39 is 0 Å². The predicted molar refractivity (Wildman–Crippen MR) is 93.0 cm³/mol. The Morgan fingerprint density at radius 3 is 2.62 bits per heavy atom. The summed E-state index contributed by atoms with van der Waals surface area (Å²) in [4.78, 5) is 17.1. The largest absolute Gasteiger partial charge is 0.369 e. The van der Waals surface area contributed by atoms with Crippen LogP contribution in [-0.2, 0) is 6.54 Å². The van der Waals surface area contributed by atoms with Crippen LogP contribution >= 0.6 is 0 Å². The molecule has 1 aliphatic rings. The van der Waals surface area contributed by atoms with Crippen LogP contribution in [0.25, 0.3) is 5.65 Å². The Bertz CT molecular complexity index is 906. The molecule has 2 heterocycles. The standard InChI is InChI=1S/C18H21N5O/c19-17-20-15(14-9-5-2-6-10-14)11-16-21-22(18(24)23(16)17)12-13-7-3-1-4-8-13/h1,3-4,7-8,11,14H,2,5-6,9-10,12H2,(H2,19,20). The van der Waals surface area contributed by atoms with Gasteiger partial charge in [-0.15, -0.1) is 5.10 Å². The van der Waals surface area contributed by atoms with Crippen LogP contribution in [0.4, 0.5) is 5.95 Å². The Kier molecular flexibility index (Phi) is 3.80. The quantitative estimate of drug-likeness (QED) is 0.803. The van der Waals surface area contributed by atoms with E-state index in [9.17, 15) is 4.79 Å². The first-order valence-electron chi connectivity index (χ1n) is 8.52. The number of rotatable bonds is 3. The van der Waals surface area contributed by atoms with Crippen molar-refractivity contribution < 1.29 is 0 Å². The zero-order valence-electron chi connectivity index (χ0n) is 13.6. The Morgan fingerprint density at radius 2 is 1.88 bits per heavy atom. The first-order chi connectivity index (χ1) is 11.7. The van der Waals surface area contributed by atoms with Crippen LogP contribution in [0.15, 0.2) is 41.2 Å². The van der Waals surface area contributed by atoms with Crippen LogP contribution < -0.4 is 11.4 Å². The van der Waals surface area contributed by atoms with E-state index in [1.165, 1.54) is 28.3 Å². The minimum Gasteiger partial charge on any atom is -0.369 e. The van der Waals surface area contributed by atoms with Gasteiger partial charge in [0.1, 0.15) is 0 Å². The van der Waals surface area contributed by atoms with E-state index in [-0.39, 0.29) is 11.6 Å². The number of hydrogen-bond acceptors (Lipinski definition) is 4. The number of benzene rings is 1. The van der Waals surface area contributed by atoms with E-state index in [0.29, 0.717) is 18.1 Å². The summed E-state index contributed by atoms with van der Waals surface area (Å²) in [6.45, 7) is 0.430. The molecular formula is C18H21N5O. The number of nitrogen functional groups attached to an aromatic ring is 1. The van der Waals surface area contributed by atoms with Crippen LogP contribution in [0, 0.1) is 0 Å². The second-order valence-electron chi connectivity index (χ2n) is 6.49. The summed E-state index contributed by atoms with van der Waals surface area (Å²) >= 11 is 0. The molecule has 1 fully saturated rings. The van der Waals surface area contributed by atoms with Gasteiger partial charge >= 0.3 is 5.69 Å². The Morgan fingerprint density at radius 1 is 1.12 bits per heavy atom. The minimum absolute atomic E-state index is 0.234. The Labute approximate surface area is 139 Å². The molecule has 2 aromatic heterocycles. The van der Waals surface area contributed by atoms with Crippen molar-refractivity contribution in [3.05, 3.63) is 58.1 Å². The van der Waals surface area contributed by atoms with Crippen LogP contribution in [-0.4, -0.2) is 19.2 Å². The Balaban J connectivity index is 1.74. The van der Waals surface area contributed by atoms with Crippen LogP contribution in [0.3, 0.4) is 0 Å². The molecule has 2 N–H and O–H groups in total. The van der Waals surface area contributed by atoms with Gasteiger partial charge in [0.2, 0.25) is 5.95 Å². The smallest absolute Gasteiger partial charge is 0.353 e. The molecule has 0 radical (unpaired) electrons. The number of nitrogens with two attached hydrogens (primary N) is 1. The molecule has 124 valence electrons. The molecular weight excluding hydrogens is 302 g/mol. The van der Waals surface area contributed by atoms with E-state index in [2.05, 4.69) is 10.1 Å². The lowest BCUT2D eigenvalue weighted by Gasteiger charge is -2.21. The van der Waals surface area contributed by atoms with Gasteiger partial charge < -0.3 is 5.73 Å². The predicted octanol–water partition coefficient (Wildman–Crippen LogP) is 2.57. The first-order valence-corrected chi connectivity index (χ1v) is 8.52. The van der Waals surface area contributed by atoms with Crippen molar-refractivity contribution in [3.63, 3.8) is 0 Å². The van der Waals surface area contributed by atoms with E-state index in [1.54, 1.807) is 0 Å². The van der Waals surface area contributed by atoms with E-state index in [0.717, 1.165) is 24.1 Å². The summed E-state index contributed by atoms with van der Waals surface area (Å²) in [6, 6.07) is 11.7. The van der Waals surface area contributed by atoms with Crippen molar-refractivity contribution in [2.45, 2.75) is 44.6 Å². The van der Waals surface area contributed by atoms with E-state index in [1.807, 2.05) is 36.4 Å². The highest BCUT2D eigenvalue weighted by Gasteiger charge is 2.20. The summed E-state index contributed by atoms with van der Waals surface area (Å²) in [7, 11) is 0. The van der Waals surface area contributed by atoms with Crippen molar-refractivity contribution in [1.82, 2.24) is 19.2 Å². The number of anilines is 1. The minimum atomic E-state index is -0.242. The fourth-order valence-corrected chi connectivity index (χ4v) is 3.55. The van der Waals surface area contributed by atoms with Gasteiger partial charge in [0.25, 0.3) is 0 Å². The van der Waals surface area contributed by atoms with E-state index >= 15 is 0 Å². The van der Waals surface area contributed by atoms with Gasteiger partial charge in [-0.25, -0.2) is 18.9 Å². The van der Waals surface area contributed by atoms with Crippen LogP contribution in [0.2, 0.25) is 0 Å². The SMILES string of the molecule is Nc1nc(C2CCCCC2)cc2nn(Cc3ccccc3)c(=O)n12. The molecule has 0 spiro atoms. The molecule has 0 aliphatic heterocycles. The van der Waals surface area contributed by atoms with Crippen molar-refractivity contribution in [2.24, 2.45) is 0 Å². The number of nitrogens with zero attached hydrogens (tertiary/aromatic N) is 4. The third-order valence-corrected chi connectivity index (χ3v) is 4.81. The molecule has 6 heteroatoms. The van der Waals surface area contributed by atoms with Crippen molar-refractivity contribution in [2.75, 3.05) is 5.73 Å². The molecule has 0 unspecified atom stereocenters. The maximum Gasteiger partial charge on any atom is 0.353 e. The summed E-state index contributed by atoms with van der Waals surface area (Å²) in [5, 5.41) is 4.47. The lowest BCUT2D eigenvalue weighted by molar-refractivity contribution is 0.436. The van der Waals surface area contributed by atoms with Gasteiger partial charge in [0.15, 0.2) is 5.65 Å². The monoisotopic (exact) mass is 323 g/mol. The van der Waals surface area contributed by atoms with Gasteiger partial charge in [-0.2, -0.15) is 0 Å². The van der Waals surface area contributed by atoms with Gasteiger partial charge in [0, 0.05) is 12.0 Å². The molecule has 24 heavy (non-hydrogen) atoms. The fourth-order valence-electron chi connectivity index (χ4n) is 3.55. The molecule has 6 nitrogen and oxygen atoms in total. The molecule has 1 aliphatic carbocycles. The topological polar surface area (TPSA) is 78.2 Å². The van der Waals surface area contributed by atoms with Crippen LogP contribution in [0.5, 0.6) is 0 Å². The lowest BCUT2D eigenvalue weighted by Crippen LogP contribution is -2.23. The van der Waals surface area contributed by atoms with Crippen molar-refractivity contribution in [1.29, 1.82) is 0 Å². The normalized spacial score (nSPS) is 15.8.